The molecular formula is C22H26N2O5. The molecule has 7 heteroatoms. The van der Waals surface area contributed by atoms with Crippen LogP contribution in [0.2, 0.25) is 0 Å². The zero-order chi connectivity index (χ0) is 21.0. The molecule has 0 saturated carbocycles. The quantitative estimate of drug-likeness (QED) is 0.588. The third kappa shape index (κ3) is 4.99. The van der Waals surface area contributed by atoms with Crippen molar-refractivity contribution in [1.82, 2.24) is 5.32 Å². The minimum Gasteiger partial charge on any atom is -0.478 e. The Labute approximate surface area is 169 Å². The molecule has 1 aliphatic heterocycles. The number of nitrogen functional groups attached to an aromatic ring is 1. The van der Waals surface area contributed by atoms with E-state index in [0.717, 1.165) is 6.42 Å². The molecule has 0 unspecified atom stereocenters. The van der Waals surface area contributed by atoms with Gasteiger partial charge in [0.25, 0.3) is 5.91 Å². The van der Waals surface area contributed by atoms with Gasteiger partial charge in [0.2, 0.25) is 6.79 Å². The van der Waals surface area contributed by atoms with E-state index in [1.54, 1.807) is 36.4 Å². The molecule has 3 rings (SSSR count). The van der Waals surface area contributed by atoms with Gasteiger partial charge in [-0.1, -0.05) is 19.9 Å². The zero-order valence-corrected chi connectivity index (χ0v) is 16.6. The first-order chi connectivity index (χ1) is 13.8. The topological polar surface area (TPSA) is 111 Å². The molecule has 1 amide bonds. The van der Waals surface area contributed by atoms with E-state index in [1.165, 1.54) is 0 Å². The predicted molar refractivity (Wildman–Crippen MR) is 109 cm³/mol. The number of rotatable bonds is 8. The molecule has 2 aromatic rings. The molecule has 0 spiro atoms. The van der Waals surface area contributed by atoms with Crippen molar-refractivity contribution >= 4 is 17.6 Å². The zero-order valence-electron chi connectivity index (χ0n) is 16.6. The molecular weight excluding hydrogens is 372 g/mol. The number of carboxylic acids is 1. The number of ether oxygens (including phenoxy) is 2. The minimum absolute atomic E-state index is 0.0200. The Morgan fingerprint density at radius 2 is 1.86 bits per heavy atom. The second kappa shape index (κ2) is 8.86. The predicted octanol–water partition coefficient (Wildman–Crippen LogP) is 3.33. The van der Waals surface area contributed by atoms with Crippen molar-refractivity contribution < 1.29 is 24.2 Å². The number of hydrogen-bond donors (Lipinski definition) is 3. The number of carbonyl (C=O) groups excluding carboxylic acids is 1. The van der Waals surface area contributed by atoms with Crippen LogP contribution < -0.4 is 20.5 Å². The molecule has 7 nitrogen and oxygen atoms in total. The second-order valence-electron chi connectivity index (χ2n) is 7.67. The van der Waals surface area contributed by atoms with Gasteiger partial charge in [-0.3, -0.25) is 4.79 Å². The van der Waals surface area contributed by atoms with Gasteiger partial charge in [0.15, 0.2) is 11.5 Å². The van der Waals surface area contributed by atoms with Crippen LogP contribution in [0, 0.1) is 11.8 Å². The van der Waals surface area contributed by atoms with E-state index in [-0.39, 0.29) is 29.9 Å². The SMILES string of the molecule is CC(C)C[C@H](CNC(=O)c1ccc(N)cc1)Cc1ccc2c(c1C(=O)O)OCO2. The second-order valence-corrected chi connectivity index (χ2v) is 7.67. The number of aromatic carboxylic acids is 1. The van der Waals surface area contributed by atoms with E-state index in [4.69, 9.17) is 15.2 Å². The van der Waals surface area contributed by atoms with Gasteiger partial charge in [0.1, 0.15) is 5.56 Å². The maximum atomic E-state index is 12.4. The Hall–Kier alpha value is -3.22. The largest absolute Gasteiger partial charge is 0.478 e. The number of fused-ring (bicyclic) bond motifs is 1. The normalized spacial score (nSPS) is 13.3. The maximum absolute atomic E-state index is 12.4. The van der Waals surface area contributed by atoms with Crippen LogP contribution in [0.5, 0.6) is 11.5 Å². The summed E-state index contributed by atoms with van der Waals surface area (Å²) in [7, 11) is 0. The highest BCUT2D eigenvalue weighted by Crippen LogP contribution is 2.38. The molecule has 0 fully saturated rings. The summed E-state index contributed by atoms with van der Waals surface area (Å²) in [6.45, 7) is 4.67. The van der Waals surface area contributed by atoms with Gasteiger partial charge in [-0.2, -0.15) is 0 Å². The number of carbonyl (C=O) groups is 2. The number of benzene rings is 2. The van der Waals surface area contributed by atoms with Crippen molar-refractivity contribution in [3.63, 3.8) is 0 Å². The van der Waals surface area contributed by atoms with Gasteiger partial charge >= 0.3 is 5.97 Å². The van der Waals surface area contributed by atoms with Crippen LogP contribution in [-0.2, 0) is 6.42 Å². The monoisotopic (exact) mass is 398 g/mol. The first-order valence-corrected chi connectivity index (χ1v) is 9.63. The highest BCUT2D eigenvalue weighted by molar-refractivity contribution is 5.95. The minimum atomic E-state index is -1.04. The summed E-state index contributed by atoms with van der Waals surface area (Å²) in [5.41, 5.74) is 7.62. The van der Waals surface area contributed by atoms with Crippen LogP contribution in [0.3, 0.4) is 0 Å². The Kier molecular flexibility index (Phi) is 6.26. The van der Waals surface area contributed by atoms with E-state index in [9.17, 15) is 14.7 Å². The lowest BCUT2D eigenvalue weighted by Gasteiger charge is -2.21. The Bertz CT molecular complexity index is 893. The number of amides is 1. The van der Waals surface area contributed by atoms with Crippen LogP contribution in [0.1, 0.15) is 46.5 Å². The molecule has 1 aliphatic rings. The summed E-state index contributed by atoms with van der Waals surface area (Å²) < 4.78 is 10.7. The molecule has 0 aromatic heterocycles. The van der Waals surface area contributed by atoms with Crippen molar-refractivity contribution in [2.24, 2.45) is 11.8 Å². The van der Waals surface area contributed by atoms with Crippen LogP contribution in [-0.4, -0.2) is 30.3 Å². The average Bonchev–Trinajstić information content (AvgIpc) is 3.14. The molecule has 154 valence electrons. The van der Waals surface area contributed by atoms with Crippen molar-refractivity contribution in [2.75, 3.05) is 19.1 Å². The fraction of sp³-hybridized carbons (Fsp3) is 0.364. The van der Waals surface area contributed by atoms with Crippen LogP contribution in [0.4, 0.5) is 5.69 Å². The van der Waals surface area contributed by atoms with Gasteiger partial charge in [0, 0.05) is 17.8 Å². The lowest BCUT2D eigenvalue weighted by atomic mass is 9.88. The molecule has 1 heterocycles. The van der Waals surface area contributed by atoms with Gasteiger partial charge in [0.05, 0.1) is 0 Å². The summed E-state index contributed by atoms with van der Waals surface area (Å²) in [6, 6.07) is 10.2. The van der Waals surface area contributed by atoms with Crippen molar-refractivity contribution in [2.45, 2.75) is 26.7 Å². The fourth-order valence-corrected chi connectivity index (χ4v) is 3.61. The summed E-state index contributed by atoms with van der Waals surface area (Å²) >= 11 is 0. The first kappa shape index (κ1) is 20.5. The fourth-order valence-electron chi connectivity index (χ4n) is 3.61. The number of hydrogen-bond acceptors (Lipinski definition) is 5. The maximum Gasteiger partial charge on any atom is 0.339 e. The number of nitrogens with two attached hydrogens (primary N) is 1. The van der Waals surface area contributed by atoms with Gasteiger partial charge < -0.3 is 25.6 Å². The van der Waals surface area contributed by atoms with E-state index in [0.29, 0.717) is 41.4 Å². The van der Waals surface area contributed by atoms with Gasteiger partial charge in [-0.15, -0.1) is 0 Å². The Morgan fingerprint density at radius 1 is 1.14 bits per heavy atom. The molecule has 0 aliphatic carbocycles. The summed E-state index contributed by atoms with van der Waals surface area (Å²) in [6.07, 6.45) is 1.36. The van der Waals surface area contributed by atoms with Crippen LogP contribution >= 0.6 is 0 Å². The van der Waals surface area contributed by atoms with Crippen molar-refractivity contribution in [3.05, 3.63) is 53.1 Å². The number of nitrogens with one attached hydrogen (secondary N) is 1. The summed E-state index contributed by atoms with van der Waals surface area (Å²) in [4.78, 5) is 24.3. The summed E-state index contributed by atoms with van der Waals surface area (Å²) in [5, 5.41) is 12.7. The van der Waals surface area contributed by atoms with Gasteiger partial charge in [-0.05, 0) is 60.6 Å². The average molecular weight is 398 g/mol. The molecule has 4 N–H and O–H groups in total. The van der Waals surface area contributed by atoms with Crippen LogP contribution in [0.25, 0.3) is 0 Å². The smallest absolute Gasteiger partial charge is 0.339 e. The lowest BCUT2D eigenvalue weighted by molar-refractivity contribution is 0.0690. The molecule has 2 aromatic carbocycles. The first-order valence-electron chi connectivity index (χ1n) is 9.63. The Balaban J connectivity index is 1.75. The van der Waals surface area contributed by atoms with E-state index in [2.05, 4.69) is 19.2 Å². The third-order valence-electron chi connectivity index (χ3n) is 4.88. The number of carboxylic acid groups (broad SMARTS) is 1. The highest BCUT2D eigenvalue weighted by atomic mass is 16.7. The van der Waals surface area contributed by atoms with E-state index >= 15 is 0 Å². The molecule has 29 heavy (non-hydrogen) atoms. The van der Waals surface area contributed by atoms with Crippen molar-refractivity contribution in [3.8, 4) is 11.5 Å². The van der Waals surface area contributed by atoms with Crippen LogP contribution in [0.15, 0.2) is 36.4 Å². The molecule has 1 atom stereocenters. The standard InChI is InChI=1S/C22H26N2O5/c1-13(2)9-14(11-24-21(25)15-3-6-17(23)7-4-15)10-16-5-8-18-20(29-12-28-18)19(16)22(26)27/h3-8,13-14H,9-12,23H2,1-2H3,(H,24,25)(H,26,27)/t14-/m0/s1. The molecule has 0 bridgehead atoms. The third-order valence-corrected chi connectivity index (χ3v) is 4.88. The van der Waals surface area contributed by atoms with Gasteiger partial charge in [-0.25, -0.2) is 4.79 Å². The molecule has 0 saturated heterocycles. The highest BCUT2D eigenvalue weighted by Gasteiger charge is 2.27. The van der Waals surface area contributed by atoms with Crippen molar-refractivity contribution in [1.29, 1.82) is 0 Å². The Morgan fingerprint density at radius 3 is 2.52 bits per heavy atom. The summed E-state index contributed by atoms with van der Waals surface area (Å²) in [5.74, 6) is -0.0196. The molecule has 0 radical (unpaired) electrons. The van der Waals surface area contributed by atoms with E-state index < -0.39 is 5.97 Å². The number of anilines is 1. The van der Waals surface area contributed by atoms with E-state index in [1.807, 2.05) is 0 Å². The lowest BCUT2D eigenvalue weighted by Crippen LogP contribution is -2.31.